The Balaban J connectivity index is 1.36. The number of epoxide rings is 1. The van der Waals surface area contributed by atoms with Gasteiger partial charge >= 0.3 is 6.09 Å². The van der Waals surface area contributed by atoms with Gasteiger partial charge in [-0.15, -0.1) is 0 Å². The lowest BCUT2D eigenvalue weighted by Crippen LogP contribution is -2.36. The van der Waals surface area contributed by atoms with E-state index >= 15 is 0 Å². The Hall–Kier alpha value is -1.55. The standard InChI is InChI=1S/C25H35NO3/c1-17(2)19-9-10-24(3)11-12-25-20(22(19)24)8-7-18(15-21(25)29-25)16-28-23(27)26-13-5-4-6-14-26/h7-8,17,21H,4-6,9-16H2,1-3H3/t21-,24+,25-/m0/s1. The summed E-state index contributed by atoms with van der Waals surface area (Å²) in [7, 11) is 0. The lowest BCUT2D eigenvalue weighted by molar-refractivity contribution is 0.102. The number of carbonyl (C=O) groups is 1. The fourth-order valence-corrected chi connectivity index (χ4v) is 6.23. The summed E-state index contributed by atoms with van der Waals surface area (Å²) in [6.45, 7) is 9.18. The van der Waals surface area contributed by atoms with Gasteiger partial charge in [0.25, 0.3) is 0 Å². The lowest BCUT2D eigenvalue weighted by atomic mass is 9.64. The maximum absolute atomic E-state index is 12.4. The molecule has 3 fully saturated rings. The monoisotopic (exact) mass is 397 g/mol. The Morgan fingerprint density at radius 2 is 2.00 bits per heavy atom. The molecule has 5 aliphatic rings. The number of ether oxygens (including phenoxy) is 2. The topological polar surface area (TPSA) is 42.1 Å². The zero-order valence-corrected chi connectivity index (χ0v) is 18.3. The molecule has 4 nitrogen and oxygen atoms in total. The summed E-state index contributed by atoms with van der Waals surface area (Å²) >= 11 is 0. The van der Waals surface area contributed by atoms with Crippen LogP contribution >= 0.6 is 0 Å². The second-order valence-corrected chi connectivity index (χ2v) is 10.3. The van der Waals surface area contributed by atoms with Crippen LogP contribution in [0.15, 0.2) is 34.4 Å². The predicted molar refractivity (Wildman–Crippen MR) is 114 cm³/mol. The van der Waals surface area contributed by atoms with E-state index in [9.17, 15) is 4.79 Å². The summed E-state index contributed by atoms with van der Waals surface area (Å²) in [5.41, 5.74) is 6.10. The minimum absolute atomic E-state index is 0.0749. The molecule has 0 aromatic heterocycles. The maximum atomic E-state index is 12.4. The Labute approximate surface area is 175 Å². The van der Waals surface area contributed by atoms with Crippen LogP contribution in [0.2, 0.25) is 0 Å². The number of allylic oxidation sites excluding steroid dienone is 3. The smallest absolute Gasteiger partial charge is 0.410 e. The number of piperidine rings is 1. The molecule has 4 heteroatoms. The molecule has 0 aromatic rings. The zero-order chi connectivity index (χ0) is 20.2. The first-order valence-corrected chi connectivity index (χ1v) is 11.7. The van der Waals surface area contributed by atoms with E-state index < -0.39 is 0 Å². The minimum atomic E-state index is -0.153. The van der Waals surface area contributed by atoms with Gasteiger partial charge in [0, 0.05) is 19.5 Å². The summed E-state index contributed by atoms with van der Waals surface area (Å²) < 4.78 is 12.1. The fourth-order valence-electron chi connectivity index (χ4n) is 6.23. The summed E-state index contributed by atoms with van der Waals surface area (Å²) in [5.74, 6) is 0.595. The molecule has 29 heavy (non-hydrogen) atoms. The van der Waals surface area contributed by atoms with Crippen molar-refractivity contribution in [2.75, 3.05) is 19.7 Å². The molecule has 0 radical (unpaired) electrons. The molecule has 3 atom stereocenters. The molecule has 0 aromatic carbocycles. The molecule has 1 amide bonds. The van der Waals surface area contributed by atoms with Crippen LogP contribution in [0.3, 0.4) is 0 Å². The number of nitrogens with zero attached hydrogens (tertiary/aromatic N) is 1. The van der Waals surface area contributed by atoms with Gasteiger partial charge in [-0.1, -0.05) is 38.5 Å². The molecule has 0 N–H and O–H groups in total. The SMILES string of the molecule is CC(C)C1=C2C3=CC=C(COC(=O)N4CCCCC4)C[C@@H]4O[C@@]34CC[C@@]2(C)CC1. The normalized spacial score (nSPS) is 36.0. The molecule has 3 aliphatic carbocycles. The third-order valence-electron chi connectivity index (χ3n) is 8.09. The van der Waals surface area contributed by atoms with Crippen molar-refractivity contribution in [3.05, 3.63) is 34.4 Å². The molecule has 5 rings (SSSR count). The Kier molecular flexibility index (Phi) is 4.69. The van der Waals surface area contributed by atoms with Crippen molar-refractivity contribution in [2.24, 2.45) is 11.3 Å². The van der Waals surface area contributed by atoms with E-state index in [0.29, 0.717) is 17.9 Å². The highest BCUT2D eigenvalue weighted by Crippen LogP contribution is 2.65. The van der Waals surface area contributed by atoms with E-state index in [1.54, 1.807) is 11.1 Å². The summed E-state index contributed by atoms with van der Waals surface area (Å²) in [4.78, 5) is 14.3. The molecule has 1 spiro atoms. The molecule has 158 valence electrons. The van der Waals surface area contributed by atoms with Crippen LogP contribution in [0, 0.1) is 11.3 Å². The molecule has 2 aliphatic heterocycles. The molecular weight excluding hydrogens is 362 g/mol. The first-order valence-electron chi connectivity index (χ1n) is 11.7. The van der Waals surface area contributed by atoms with Gasteiger partial charge in [0.1, 0.15) is 12.2 Å². The summed E-state index contributed by atoms with van der Waals surface area (Å²) in [6.07, 6.45) is 13.8. The minimum Gasteiger partial charge on any atom is -0.445 e. The average molecular weight is 398 g/mol. The van der Waals surface area contributed by atoms with Crippen molar-refractivity contribution in [1.29, 1.82) is 0 Å². The number of hydrogen-bond acceptors (Lipinski definition) is 3. The van der Waals surface area contributed by atoms with Crippen LogP contribution in [-0.4, -0.2) is 42.4 Å². The van der Waals surface area contributed by atoms with E-state index in [4.69, 9.17) is 9.47 Å². The van der Waals surface area contributed by atoms with Crippen LogP contribution < -0.4 is 0 Å². The summed E-state index contributed by atoms with van der Waals surface area (Å²) in [6, 6.07) is 0. The molecule has 2 heterocycles. The molecule has 0 unspecified atom stereocenters. The predicted octanol–water partition coefficient (Wildman–Crippen LogP) is 5.55. The van der Waals surface area contributed by atoms with E-state index in [1.807, 2.05) is 4.90 Å². The highest BCUT2D eigenvalue weighted by Gasteiger charge is 2.64. The lowest BCUT2D eigenvalue weighted by Gasteiger charge is -2.39. The second kappa shape index (κ2) is 7.01. The summed E-state index contributed by atoms with van der Waals surface area (Å²) in [5, 5.41) is 0. The largest absolute Gasteiger partial charge is 0.445 e. The number of fused-ring (bicyclic) bond motifs is 2. The van der Waals surface area contributed by atoms with Crippen LogP contribution in [0.25, 0.3) is 0 Å². The van der Waals surface area contributed by atoms with E-state index in [0.717, 1.165) is 38.8 Å². The van der Waals surface area contributed by atoms with Crippen molar-refractivity contribution in [1.82, 2.24) is 4.90 Å². The average Bonchev–Trinajstić information content (AvgIpc) is 3.31. The first kappa shape index (κ1) is 19.4. The van der Waals surface area contributed by atoms with Crippen LogP contribution in [0.5, 0.6) is 0 Å². The quantitative estimate of drug-likeness (QED) is 0.586. The second-order valence-electron chi connectivity index (χ2n) is 10.3. The van der Waals surface area contributed by atoms with Crippen molar-refractivity contribution < 1.29 is 14.3 Å². The zero-order valence-electron chi connectivity index (χ0n) is 18.3. The molecule has 0 bridgehead atoms. The Bertz CT molecular complexity index is 801. The fraction of sp³-hybridized carbons (Fsp3) is 0.720. The first-order chi connectivity index (χ1) is 13.9. The van der Waals surface area contributed by atoms with Gasteiger partial charge in [-0.3, -0.25) is 0 Å². The number of carbonyl (C=O) groups excluding carboxylic acids is 1. The van der Waals surface area contributed by atoms with Gasteiger partial charge in [-0.05, 0) is 73.0 Å². The molecule has 1 saturated carbocycles. The molecule has 2 saturated heterocycles. The third-order valence-corrected chi connectivity index (χ3v) is 8.09. The van der Waals surface area contributed by atoms with Crippen LogP contribution in [-0.2, 0) is 9.47 Å². The Morgan fingerprint density at radius 3 is 2.76 bits per heavy atom. The highest BCUT2D eigenvalue weighted by molar-refractivity contribution is 5.68. The maximum Gasteiger partial charge on any atom is 0.410 e. The van der Waals surface area contributed by atoms with Gasteiger partial charge in [0.05, 0.1) is 6.10 Å². The van der Waals surface area contributed by atoms with Gasteiger partial charge in [0.2, 0.25) is 0 Å². The Morgan fingerprint density at radius 1 is 1.21 bits per heavy atom. The van der Waals surface area contributed by atoms with E-state index in [-0.39, 0.29) is 17.8 Å². The van der Waals surface area contributed by atoms with Crippen molar-refractivity contribution in [2.45, 2.75) is 83.8 Å². The van der Waals surface area contributed by atoms with E-state index in [2.05, 4.69) is 32.9 Å². The van der Waals surface area contributed by atoms with Crippen LogP contribution in [0.1, 0.15) is 72.1 Å². The van der Waals surface area contributed by atoms with E-state index in [1.165, 1.54) is 36.8 Å². The van der Waals surface area contributed by atoms with Gasteiger partial charge in [-0.25, -0.2) is 4.79 Å². The number of amides is 1. The number of likely N-dealkylation sites (tertiary alicyclic amines) is 1. The highest BCUT2D eigenvalue weighted by atomic mass is 16.6. The van der Waals surface area contributed by atoms with Gasteiger partial charge in [-0.2, -0.15) is 0 Å². The van der Waals surface area contributed by atoms with Crippen LogP contribution in [0.4, 0.5) is 4.79 Å². The van der Waals surface area contributed by atoms with Gasteiger partial charge < -0.3 is 14.4 Å². The van der Waals surface area contributed by atoms with Crippen molar-refractivity contribution in [3.8, 4) is 0 Å². The number of hydrogen-bond donors (Lipinski definition) is 0. The van der Waals surface area contributed by atoms with Crippen molar-refractivity contribution in [3.63, 3.8) is 0 Å². The van der Waals surface area contributed by atoms with Crippen molar-refractivity contribution >= 4 is 6.09 Å². The third kappa shape index (κ3) is 3.19. The number of rotatable bonds is 3. The van der Waals surface area contributed by atoms with Gasteiger partial charge in [0.15, 0.2) is 0 Å². The molecular formula is C25H35NO3.